The second kappa shape index (κ2) is 8.14. The van der Waals surface area contributed by atoms with Gasteiger partial charge in [0, 0.05) is 43.1 Å². The van der Waals surface area contributed by atoms with Crippen molar-refractivity contribution in [3.05, 3.63) is 60.0 Å². The highest BCUT2D eigenvalue weighted by Crippen LogP contribution is 2.24. The van der Waals surface area contributed by atoms with E-state index in [-0.39, 0.29) is 30.3 Å². The second-order valence-electron chi connectivity index (χ2n) is 7.50. The molecule has 0 aliphatic carbocycles. The van der Waals surface area contributed by atoms with Crippen LogP contribution in [0.2, 0.25) is 0 Å². The summed E-state index contributed by atoms with van der Waals surface area (Å²) in [7, 11) is 1.60. The Bertz CT molecular complexity index is 1080. The van der Waals surface area contributed by atoms with E-state index in [1.54, 1.807) is 36.3 Å². The standard InChI is InChI=1S/C22H25N5O3/c1-15-16(2)26(22(29)18-14-24-27-10-6-9-23-21(18)27)12-11-25(15)20(28)13-17-7-4-5-8-19(17)30-3/h4-10,14-16H,11-13H2,1-3H3/t15-,16-/m1/s1. The summed E-state index contributed by atoms with van der Waals surface area (Å²) in [6.45, 7) is 4.91. The number of benzene rings is 1. The van der Waals surface area contributed by atoms with Gasteiger partial charge in [0.15, 0.2) is 5.65 Å². The number of carbonyl (C=O) groups excluding carboxylic acids is 2. The topological polar surface area (TPSA) is 80.0 Å². The van der Waals surface area contributed by atoms with Crippen LogP contribution in [0, 0.1) is 0 Å². The molecular weight excluding hydrogens is 382 g/mol. The number of carbonyl (C=O) groups is 2. The SMILES string of the molecule is COc1ccccc1CC(=O)N1CCN(C(=O)c2cnn3cccnc23)[C@H](C)[C@H]1C. The van der Waals surface area contributed by atoms with Crippen molar-refractivity contribution in [3.8, 4) is 5.75 Å². The highest BCUT2D eigenvalue weighted by molar-refractivity contribution is 6.00. The van der Waals surface area contributed by atoms with Crippen molar-refractivity contribution in [2.24, 2.45) is 0 Å². The number of aromatic nitrogens is 3. The highest BCUT2D eigenvalue weighted by Gasteiger charge is 2.37. The van der Waals surface area contributed by atoms with Crippen molar-refractivity contribution in [1.29, 1.82) is 0 Å². The Balaban J connectivity index is 1.49. The average molecular weight is 407 g/mol. The maximum absolute atomic E-state index is 13.2. The van der Waals surface area contributed by atoms with Gasteiger partial charge in [0.2, 0.25) is 5.91 Å². The lowest BCUT2D eigenvalue weighted by atomic mass is 10.0. The Hall–Kier alpha value is -3.42. The van der Waals surface area contributed by atoms with Crippen LogP contribution in [-0.4, -0.2) is 68.5 Å². The van der Waals surface area contributed by atoms with E-state index in [9.17, 15) is 9.59 Å². The summed E-state index contributed by atoms with van der Waals surface area (Å²) in [6, 6.07) is 9.07. The fraction of sp³-hybridized carbons (Fsp3) is 0.364. The fourth-order valence-electron chi connectivity index (χ4n) is 4.03. The number of para-hydroxylation sites is 1. The van der Waals surface area contributed by atoms with Gasteiger partial charge in [0.05, 0.1) is 19.7 Å². The molecule has 3 aromatic rings. The summed E-state index contributed by atoms with van der Waals surface area (Å²) < 4.78 is 6.96. The third-order valence-electron chi connectivity index (χ3n) is 5.89. The first kappa shape index (κ1) is 19.9. The van der Waals surface area contributed by atoms with Crippen molar-refractivity contribution >= 4 is 17.5 Å². The lowest BCUT2D eigenvalue weighted by molar-refractivity contribution is -0.136. The molecule has 8 heteroatoms. The van der Waals surface area contributed by atoms with E-state index in [1.165, 1.54) is 0 Å². The summed E-state index contributed by atoms with van der Waals surface area (Å²) >= 11 is 0. The van der Waals surface area contributed by atoms with Crippen LogP contribution in [0.15, 0.2) is 48.9 Å². The Labute approximate surface area is 175 Å². The zero-order valence-corrected chi connectivity index (χ0v) is 17.4. The predicted molar refractivity (Wildman–Crippen MR) is 111 cm³/mol. The Morgan fingerprint density at radius 3 is 2.63 bits per heavy atom. The van der Waals surface area contributed by atoms with Crippen LogP contribution < -0.4 is 4.74 Å². The Kier molecular flexibility index (Phi) is 5.39. The monoisotopic (exact) mass is 407 g/mol. The molecule has 0 bridgehead atoms. The van der Waals surface area contributed by atoms with Crippen LogP contribution in [0.4, 0.5) is 0 Å². The number of nitrogens with zero attached hydrogens (tertiary/aromatic N) is 5. The molecule has 30 heavy (non-hydrogen) atoms. The minimum absolute atomic E-state index is 0.0311. The minimum atomic E-state index is -0.133. The second-order valence-corrected chi connectivity index (χ2v) is 7.50. The average Bonchev–Trinajstić information content (AvgIpc) is 3.19. The molecule has 156 valence electrons. The molecule has 1 saturated heterocycles. The molecular formula is C22H25N5O3. The van der Waals surface area contributed by atoms with Gasteiger partial charge in [-0.2, -0.15) is 5.10 Å². The summed E-state index contributed by atoms with van der Waals surface area (Å²) in [4.78, 5) is 34.2. The van der Waals surface area contributed by atoms with Crippen LogP contribution >= 0.6 is 0 Å². The number of hydrogen-bond donors (Lipinski definition) is 0. The van der Waals surface area contributed by atoms with E-state index < -0.39 is 0 Å². The van der Waals surface area contributed by atoms with Crippen molar-refractivity contribution in [2.45, 2.75) is 32.4 Å². The number of hydrogen-bond acceptors (Lipinski definition) is 5. The van der Waals surface area contributed by atoms with E-state index in [0.29, 0.717) is 30.0 Å². The van der Waals surface area contributed by atoms with Gasteiger partial charge in [-0.15, -0.1) is 0 Å². The number of methoxy groups -OCH3 is 1. The van der Waals surface area contributed by atoms with Gasteiger partial charge >= 0.3 is 0 Å². The molecule has 1 aliphatic heterocycles. The van der Waals surface area contributed by atoms with E-state index in [1.807, 2.05) is 47.9 Å². The van der Waals surface area contributed by atoms with Crippen molar-refractivity contribution < 1.29 is 14.3 Å². The largest absolute Gasteiger partial charge is 0.496 e. The zero-order chi connectivity index (χ0) is 21.3. The molecule has 1 fully saturated rings. The number of amides is 2. The number of piperazine rings is 1. The van der Waals surface area contributed by atoms with E-state index in [0.717, 1.165) is 5.56 Å². The van der Waals surface area contributed by atoms with Crippen molar-refractivity contribution in [1.82, 2.24) is 24.4 Å². The normalized spacial score (nSPS) is 19.2. The zero-order valence-electron chi connectivity index (χ0n) is 17.4. The molecule has 0 saturated carbocycles. The third-order valence-corrected chi connectivity index (χ3v) is 5.89. The smallest absolute Gasteiger partial charge is 0.259 e. The van der Waals surface area contributed by atoms with E-state index in [4.69, 9.17) is 4.74 Å². The summed E-state index contributed by atoms with van der Waals surface area (Å²) in [5.41, 5.74) is 1.88. The first-order chi connectivity index (χ1) is 14.5. The molecule has 3 heterocycles. The maximum Gasteiger partial charge on any atom is 0.259 e. The minimum Gasteiger partial charge on any atom is -0.496 e. The first-order valence-electron chi connectivity index (χ1n) is 10.0. The molecule has 1 aliphatic rings. The fourth-order valence-corrected chi connectivity index (χ4v) is 4.03. The molecule has 4 rings (SSSR count). The van der Waals surface area contributed by atoms with Crippen LogP contribution in [0.25, 0.3) is 5.65 Å². The summed E-state index contributed by atoms with van der Waals surface area (Å²) in [6.07, 6.45) is 5.24. The van der Waals surface area contributed by atoms with Crippen molar-refractivity contribution in [2.75, 3.05) is 20.2 Å². The number of ether oxygens (including phenoxy) is 1. The molecule has 0 unspecified atom stereocenters. The van der Waals surface area contributed by atoms with Crippen LogP contribution in [0.5, 0.6) is 5.75 Å². The van der Waals surface area contributed by atoms with Crippen molar-refractivity contribution in [3.63, 3.8) is 0 Å². The van der Waals surface area contributed by atoms with Gasteiger partial charge < -0.3 is 14.5 Å². The van der Waals surface area contributed by atoms with Gasteiger partial charge in [0.1, 0.15) is 11.3 Å². The molecule has 8 nitrogen and oxygen atoms in total. The Morgan fingerprint density at radius 2 is 1.83 bits per heavy atom. The van der Waals surface area contributed by atoms with Gasteiger partial charge in [-0.25, -0.2) is 9.50 Å². The third kappa shape index (κ3) is 3.49. The van der Waals surface area contributed by atoms with E-state index in [2.05, 4.69) is 10.1 Å². The lowest BCUT2D eigenvalue weighted by Gasteiger charge is -2.45. The van der Waals surface area contributed by atoms with Gasteiger partial charge in [-0.3, -0.25) is 9.59 Å². The molecule has 2 atom stereocenters. The van der Waals surface area contributed by atoms with Gasteiger partial charge in [0.25, 0.3) is 5.91 Å². The van der Waals surface area contributed by atoms with Crippen LogP contribution in [0.3, 0.4) is 0 Å². The lowest BCUT2D eigenvalue weighted by Crippen LogP contribution is -2.60. The highest BCUT2D eigenvalue weighted by atomic mass is 16.5. The summed E-state index contributed by atoms with van der Waals surface area (Å²) in [5.74, 6) is 0.629. The molecule has 2 amide bonds. The molecule has 0 radical (unpaired) electrons. The van der Waals surface area contributed by atoms with Crippen LogP contribution in [0.1, 0.15) is 29.8 Å². The number of rotatable bonds is 4. The molecule has 0 spiro atoms. The Morgan fingerprint density at radius 1 is 1.10 bits per heavy atom. The van der Waals surface area contributed by atoms with Gasteiger partial charge in [-0.05, 0) is 26.0 Å². The maximum atomic E-state index is 13.2. The molecule has 2 aromatic heterocycles. The van der Waals surface area contributed by atoms with Crippen LogP contribution in [-0.2, 0) is 11.2 Å². The van der Waals surface area contributed by atoms with E-state index >= 15 is 0 Å². The molecule has 1 aromatic carbocycles. The number of fused-ring (bicyclic) bond motifs is 1. The summed E-state index contributed by atoms with van der Waals surface area (Å²) in [5, 5.41) is 4.22. The predicted octanol–water partition coefficient (Wildman–Crippen LogP) is 2.04. The van der Waals surface area contributed by atoms with Gasteiger partial charge in [-0.1, -0.05) is 18.2 Å². The first-order valence-corrected chi connectivity index (χ1v) is 10.0. The quantitative estimate of drug-likeness (QED) is 0.661. The molecule has 0 N–H and O–H groups in total.